The van der Waals surface area contributed by atoms with Crippen molar-refractivity contribution in [3.8, 4) is 5.75 Å². The Morgan fingerprint density at radius 1 is 1.16 bits per heavy atom. The van der Waals surface area contributed by atoms with Gasteiger partial charge in [-0.15, -0.1) is 0 Å². The van der Waals surface area contributed by atoms with Crippen molar-refractivity contribution in [3.63, 3.8) is 0 Å². The Labute approximate surface area is 140 Å². The number of nitrogens with zero attached hydrogens (tertiary/aromatic N) is 1. The molecule has 0 heterocycles. The Morgan fingerprint density at radius 2 is 1.84 bits per heavy atom. The molecule has 0 fully saturated rings. The number of carbonyl (C=O) groups is 1. The Hall–Kier alpha value is -3.10. The lowest BCUT2D eigenvalue weighted by Crippen LogP contribution is -2.28. The van der Waals surface area contributed by atoms with Crippen molar-refractivity contribution in [2.45, 2.75) is 6.18 Å². The van der Waals surface area contributed by atoms with Gasteiger partial charge in [-0.05, 0) is 18.2 Å². The number of ether oxygens (including phenoxy) is 1. The summed E-state index contributed by atoms with van der Waals surface area (Å²) in [7, 11) is 0. The maximum absolute atomic E-state index is 12.8. The highest BCUT2D eigenvalue weighted by Crippen LogP contribution is 2.32. The number of alkyl halides is 3. The van der Waals surface area contributed by atoms with Crippen LogP contribution in [0.1, 0.15) is 15.9 Å². The van der Waals surface area contributed by atoms with E-state index in [2.05, 4.69) is 5.32 Å². The first-order chi connectivity index (χ1) is 11.8. The molecule has 0 bridgehead atoms. The number of amides is 1. The fraction of sp³-hybridized carbons (Fsp3) is 0.188. The Kier molecular flexibility index (Phi) is 5.58. The zero-order valence-electron chi connectivity index (χ0n) is 12.7. The van der Waals surface area contributed by atoms with E-state index in [1.807, 2.05) is 0 Å². The molecule has 132 valence electrons. The molecule has 0 aliphatic carbocycles. The van der Waals surface area contributed by atoms with Crippen LogP contribution >= 0.6 is 0 Å². The average molecular weight is 354 g/mol. The van der Waals surface area contributed by atoms with Gasteiger partial charge in [-0.1, -0.05) is 18.2 Å². The summed E-state index contributed by atoms with van der Waals surface area (Å²) in [5, 5.41) is 13.1. The first-order valence-electron chi connectivity index (χ1n) is 7.10. The number of halogens is 3. The lowest BCUT2D eigenvalue weighted by molar-refractivity contribution is -0.385. The van der Waals surface area contributed by atoms with Crippen LogP contribution in [0.3, 0.4) is 0 Å². The topological polar surface area (TPSA) is 81.5 Å². The maximum atomic E-state index is 12.8. The van der Waals surface area contributed by atoms with E-state index in [-0.39, 0.29) is 13.2 Å². The molecule has 0 saturated carbocycles. The van der Waals surface area contributed by atoms with Crippen molar-refractivity contribution in [2.24, 2.45) is 0 Å². The van der Waals surface area contributed by atoms with E-state index in [1.54, 1.807) is 30.3 Å². The highest BCUT2D eigenvalue weighted by Gasteiger charge is 2.33. The van der Waals surface area contributed by atoms with Crippen molar-refractivity contribution in [1.29, 1.82) is 0 Å². The lowest BCUT2D eigenvalue weighted by atomic mass is 10.1. The zero-order chi connectivity index (χ0) is 18.4. The van der Waals surface area contributed by atoms with Gasteiger partial charge in [-0.3, -0.25) is 14.9 Å². The standard InChI is InChI=1S/C16H13F3N2O4/c17-16(18,19)12-8-11(9-13(10-12)21(23)24)15(22)20-6-7-25-14-4-2-1-3-5-14/h1-5,8-10H,6-7H2,(H,20,22). The van der Waals surface area contributed by atoms with E-state index in [9.17, 15) is 28.1 Å². The second-order valence-electron chi connectivity index (χ2n) is 4.94. The number of hydrogen-bond donors (Lipinski definition) is 1. The quantitative estimate of drug-likeness (QED) is 0.490. The molecule has 0 unspecified atom stereocenters. The van der Waals surface area contributed by atoms with Crippen LogP contribution in [-0.4, -0.2) is 24.0 Å². The van der Waals surface area contributed by atoms with Gasteiger partial charge < -0.3 is 10.1 Å². The second kappa shape index (κ2) is 7.65. The molecule has 0 atom stereocenters. The molecule has 9 heteroatoms. The minimum atomic E-state index is -4.79. The van der Waals surface area contributed by atoms with Crippen LogP contribution in [0.2, 0.25) is 0 Å². The highest BCUT2D eigenvalue weighted by atomic mass is 19.4. The Bertz CT molecular complexity index is 764. The number of nitro groups is 1. The molecule has 0 aliphatic heterocycles. The summed E-state index contributed by atoms with van der Waals surface area (Å²) in [5.41, 5.74) is -2.51. The van der Waals surface area contributed by atoms with E-state index < -0.39 is 33.8 Å². The third-order valence-corrected chi connectivity index (χ3v) is 3.12. The molecule has 0 radical (unpaired) electrons. The minimum absolute atomic E-state index is 0.0256. The van der Waals surface area contributed by atoms with Crippen LogP contribution < -0.4 is 10.1 Å². The molecule has 1 amide bonds. The molecule has 0 aliphatic rings. The number of non-ortho nitro benzene ring substituents is 1. The summed E-state index contributed by atoms with van der Waals surface area (Å²) in [6, 6.07) is 10.5. The van der Waals surface area contributed by atoms with Gasteiger partial charge in [0.15, 0.2) is 0 Å². The molecule has 2 aromatic rings. The minimum Gasteiger partial charge on any atom is -0.492 e. The molecule has 2 aromatic carbocycles. The summed E-state index contributed by atoms with van der Waals surface area (Å²) < 4.78 is 43.7. The Morgan fingerprint density at radius 3 is 2.44 bits per heavy atom. The third-order valence-electron chi connectivity index (χ3n) is 3.12. The molecule has 2 rings (SSSR count). The molecule has 0 aromatic heterocycles. The van der Waals surface area contributed by atoms with E-state index in [1.165, 1.54) is 0 Å². The summed E-state index contributed by atoms with van der Waals surface area (Å²) in [6.45, 7) is 0.120. The van der Waals surface area contributed by atoms with Crippen LogP contribution in [0.25, 0.3) is 0 Å². The van der Waals surface area contributed by atoms with Gasteiger partial charge in [0.25, 0.3) is 11.6 Å². The zero-order valence-corrected chi connectivity index (χ0v) is 12.7. The van der Waals surface area contributed by atoms with Crippen LogP contribution in [0.5, 0.6) is 5.75 Å². The van der Waals surface area contributed by atoms with Crippen molar-refractivity contribution in [1.82, 2.24) is 5.32 Å². The van der Waals surface area contributed by atoms with E-state index in [0.717, 1.165) is 6.07 Å². The molecular formula is C16H13F3N2O4. The van der Waals surface area contributed by atoms with Crippen molar-refractivity contribution in [2.75, 3.05) is 13.2 Å². The fourth-order valence-electron chi connectivity index (χ4n) is 1.96. The highest BCUT2D eigenvalue weighted by molar-refractivity contribution is 5.95. The van der Waals surface area contributed by atoms with Gasteiger partial charge in [0.1, 0.15) is 12.4 Å². The average Bonchev–Trinajstić information content (AvgIpc) is 2.58. The number of para-hydroxylation sites is 1. The predicted molar refractivity (Wildman–Crippen MR) is 82.4 cm³/mol. The normalized spacial score (nSPS) is 11.0. The number of carbonyl (C=O) groups excluding carboxylic acids is 1. The van der Waals surface area contributed by atoms with Crippen LogP contribution in [0.4, 0.5) is 18.9 Å². The molecular weight excluding hydrogens is 341 g/mol. The predicted octanol–water partition coefficient (Wildman–Crippen LogP) is 3.42. The number of hydrogen-bond acceptors (Lipinski definition) is 4. The second-order valence-corrected chi connectivity index (χ2v) is 4.94. The maximum Gasteiger partial charge on any atom is 0.416 e. The number of nitrogens with one attached hydrogen (secondary N) is 1. The van der Waals surface area contributed by atoms with Crippen molar-refractivity contribution in [3.05, 3.63) is 69.8 Å². The summed E-state index contributed by atoms with van der Waals surface area (Å²) >= 11 is 0. The van der Waals surface area contributed by atoms with Gasteiger partial charge in [-0.25, -0.2) is 0 Å². The van der Waals surface area contributed by atoms with E-state index >= 15 is 0 Å². The number of benzene rings is 2. The molecule has 0 saturated heterocycles. The lowest BCUT2D eigenvalue weighted by Gasteiger charge is -2.10. The van der Waals surface area contributed by atoms with Crippen molar-refractivity contribution < 1.29 is 27.6 Å². The first kappa shape index (κ1) is 18.2. The SMILES string of the molecule is O=C(NCCOc1ccccc1)c1cc([N+](=O)[O-])cc(C(F)(F)F)c1. The first-order valence-corrected chi connectivity index (χ1v) is 7.10. The van der Waals surface area contributed by atoms with Gasteiger partial charge in [-0.2, -0.15) is 13.2 Å². The van der Waals surface area contributed by atoms with Gasteiger partial charge >= 0.3 is 6.18 Å². The number of nitro benzene ring substituents is 1. The summed E-state index contributed by atoms with van der Waals surface area (Å²) in [6.07, 6.45) is -4.79. The molecule has 0 spiro atoms. The monoisotopic (exact) mass is 354 g/mol. The molecule has 1 N–H and O–H groups in total. The molecule has 6 nitrogen and oxygen atoms in total. The van der Waals surface area contributed by atoms with Crippen LogP contribution in [0, 0.1) is 10.1 Å². The fourth-order valence-corrected chi connectivity index (χ4v) is 1.96. The Balaban J connectivity index is 2.03. The van der Waals surface area contributed by atoms with Crippen molar-refractivity contribution >= 4 is 11.6 Å². The van der Waals surface area contributed by atoms with Gasteiger partial charge in [0, 0.05) is 17.7 Å². The number of rotatable bonds is 6. The largest absolute Gasteiger partial charge is 0.492 e. The summed E-state index contributed by atoms with van der Waals surface area (Å²) in [4.78, 5) is 21.7. The summed E-state index contributed by atoms with van der Waals surface area (Å²) in [5.74, 6) is -0.280. The van der Waals surface area contributed by atoms with Gasteiger partial charge in [0.05, 0.1) is 17.0 Å². The van der Waals surface area contributed by atoms with E-state index in [4.69, 9.17) is 4.74 Å². The van der Waals surface area contributed by atoms with Crippen LogP contribution in [0.15, 0.2) is 48.5 Å². The molecule has 25 heavy (non-hydrogen) atoms. The third kappa shape index (κ3) is 5.20. The van der Waals surface area contributed by atoms with E-state index in [0.29, 0.717) is 17.9 Å². The van der Waals surface area contributed by atoms with Gasteiger partial charge in [0.2, 0.25) is 0 Å². The smallest absolute Gasteiger partial charge is 0.416 e. The van der Waals surface area contributed by atoms with Crippen LogP contribution in [-0.2, 0) is 6.18 Å².